The summed E-state index contributed by atoms with van der Waals surface area (Å²) in [6, 6.07) is 10.7. The van der Waals surface area contributed by atoms with E-state index in [0.29, 0.717) is 29.7 Å². The van der Waals surface area contributed by atoms with Crippen molar-refractivity contribution < 1.29 is 27.5 Å². The summed E-state index contributed by atoms with van der Waals surface area (Å²) in [7, 11) is -3.85. The summed E-state index contributed by atoms with van der Waals surface area (Å²) in [4.78, 5) is 27.9. The first kappa shape index (κ1) is 27.6. The highest BCUT2D eigenvalue weighted by atomic mass is 35.5. The molecule has 0 radical (unpaired) electrons. The van der Waals surface area contributed by atoms with Gasteiger partial charge in [0.15, 0.2) is 11.5 Å². The number of carbonyl (C=O) groups excluding carboxylic acids is 2. The number of amides is 2. The fourth-order valence-corrected chi connectivity index (χ4v) is 4.60. The molecule has 196 valence electrons. The van der Waals surface area contributed by atoms with Crippen LogP contribution in [0, 0.1) is 0 Å². The molecule has 0 fully saturated rings. The van der Waals surface area contributed by atoms with Crippen LogP contribution in [0.2, 0.25) is 5.02 Å². The number of anilines is 1. The zero-order valence-corrected chi connectivity index (χ0v) is 22.4. The number of nitrogens with one attached hydrogen (secondary N) is 1. The Morgan fingerprint density at radius 2 is 1.69 bits per heavy atom. The van der Waals surface area contributed by atoms with Gasteiger partial charge in [-0.05, 0) is 50.1 Å². The average Bonchev–Trinajstić information content (AvgIpc) is 2.85. The quantitative estimate of drug-likeness (QED) is 0.499. The maximum atomic E-state index is 13.6. The first-order valence-corrected chi connectivity index (χ1v) is 13.9. The third kappa shape index (κ3) is 7.04. The molecule has 1 heterocycles. The van der Waals surface area contributed by atoms with Gasteiger partial charge in [-0.25, -0.2) is 8.42 Å². The smallest absolute Gasteiger partial charge is 0.244 e. The van der Waals surface area contributed by atoms with E-state index in [0.717, 1.165) is 22.5 Å². The van der Waals surface area contributed by atoms with Gasteiger partial charge in [0, 0.05) is 23.7 Å². The lowest BCUT2D eigenvalue weighted by Gasteiger charge is -2.32. The van der Waals surface area contributed by atoms with Crippen LogP contribution in [0.25, 0.3) is 0 Å². The Kier molecular flexibility index (Phi) is 9.08. The van der Waals surface area contributed by atoms with Crippen molar-refractivity contribution >= 4 is 39.1 Å². The van der Waals surface area contributed by atoms with E-state index in [2.05, 4.69) is 5.32 Å². The minimum Gasteiger partial charge on any atom is -0.486 e. The second kappa shape index (κ2) is 11.8. The van der Waals surface area contributed by atoms with Crippen molar-refractivity contribution in [3.05, 3.63) is 53.1 Å². The molecule has 2 aromatic carbocycles. The molecule has 11 heteroatoms. The number of ether oxygens (including phenoxy) is 2. The van der Waals surface area contributed by atoms with Gasteiger partial charge in [0.2, 0.25) is 21.8 Å². The predicted molar refractivity (Wildman–Crippen MR) is 139 cm³/mol. The zero-order valence-electron chi connectivity index (χ0n) is 20.9. The van der Waals surface area contributed by atoms with Crippen molar-refractivity contribution in [2.45, 2.75) is 45.8 Å². The molecule has 0 saturated heterocycles. The van der Waals surface area contributed by atoms with Crippen molar-refractivity contribution in [3.63, 3.8) is 0 Å². The van der Waals surface area contributed by atoms with Crippen molar-refractivity contribution in [3.8, 4) is 11.5 Å². The third-order valence-electron chi connectivity index (χ3n) is 5.93. The largest absolute Gasteiger partial charge is 0.486 e. The van der Waals surface area contributed by atoms with Gasteiger partial charge in [-0.1, -0.05) is 30.7 Å². The molecule has 1 aliphatic heterocycles. The monoisotopic (exact) mass is 537 g/mol. The number of sulfonamides is 1. The van der Waals surface area contributed by atoms with Gasteiger partial charge in [0.1, 0.15) is 25.8 Å². The number of fused-ring (bicyclic) bond motifs is 1. The molecule has 0 saturated carbocycles. The third-order valence-corrected chi connectivity index (χ3v) is 7.32. The lowest BCUT2D eigenvalue weighted by molar-refractivity contribution is -0.139. The van der Waals surface area contributed by atoms with Crippen LogP contribution in [-0.4, -0.2) is 63.2 Å². The van der Waals surface area contributed by atoms with Crippen molar-refractivity contribution in [1.29, 1.82) is 0 Å². The summed E-state index contributed by atoms with van der Waals surface area (Å²) in [5.74, 6) is 0.0533. The predicted octanol–water partition coefficient (Wildman–Crippen LogP) is 3.21. The van der Waals surface area contributed by atoms with Crippen LogP contribution in [0.4, 0.5) is 5.69 Å². The number of halogens is 1. The van der Waals surface area contributed by atoms with E-state index in [1.165, 1.54) is 11.0 Å². The Morgan fingerprint density at radius 1 is 1.06 bits per heavy atom. The summed E-state index contributed by atoms with van der Waals surface area (Å²) < 4.78 is 37.6. The Bertz CT molecular complexity index is 1190. The van der Waals surface area contributed by atoms with E-state index in [1.54, 1.807) is 43.3 Å². The summed E-state index contributed by atoms with van der Waals surface area (Å²) in [6.07, 6.45) is 1.76. The van der Waals surface area contributed by atoms with Gasteiger partial charge < -0.3 is 19.7 Å². The Morgan fingerprint density at radius 3 is 2.31 bits per heavy atom. The van der Waals surface area contributed by atoms with Gasteiger partial charge in [0.25, 0.3) is 0 Å². The fraction of sp³-hybridized carbons (Fsp3) is 0.440. The normalized spacial score (nSPS) is 14.5. The number of rotatable bonds is 10. The summed E-state index contributed by atoms with van der Waals surface area (Å²) in [5, 5.41) is 3.44. The SMILES string of the molecule is CC[C@H](C)NC(=O)[C@H](C)N(Cc1ccc(Cl)cc1)C(=O)CN(c1ccc2c(c1)OCCO2)S(C)(=O)=O. The van der Waals surface area contributed by atoms with E-state index in [4.69, 9.17) is 21.1 Å². The summed E-state index contributed by atoms with van der Waals surface area (Å²) in [6.45, 7) is 5.80. The highest BCUT2D eigenvalue weighted by Gasteiger charge is 2.31. The number of carbonyl (C=O) groups is 2. The molecule has 2 amide bonds. The van der Waals surface area contributed by atoms with Crippen LogP contribution in [0.1, 0.15) is 32.8 Å². The van der Waals surface area contributed by atoms with Crippen molar-refractivity contribution in [2.24, 2.45) is 0 Å². The van der Waals surface area contributed by atoms with Crippen LogP contribution in [0.5, 0.6) is 11.5 Å². The van der Waals surface area contributed by atoms with Gasteiger partial charge >= 0.3 is 0 Å². The molecule has 0 aliphatic carbocycles. The molecule has 0 spiro atoms. The maximum Gasteiger partial charge on any atom is 0.244 e. The Labute approximate surface area is 217 Å². The minimum atomic E-state index is -3.85. The van der Waals surface area contributed by atoms with Crippen LogP contribution < -0.4 is 19.1 Å². The first-order chi connectivity index (χ1) is 17.0. The van der Waals surface area contributed by atoms with Crippen LogP contribution in [0.3, 0.4) is 0 Å². The molecular weight excluding hydrogens is 506 g/mol. The first-order valence-electron chi connectivity index (χ1n) is 11.7. The summed E-state index contributed by atoms with van der Waals surface area (Å²) >= 11 is 6.00. The van der Waals surface area contributed by atoms with Crippen molar-refractivity contribution in [1.82, 2.24) is 10.2 Å². The zero-order chi connectivity index (χ0) is 26.5. The molecule has 2 atom stereocenters. The number of nitrogens with zero attached hydrogens (tertiary/aromatic N) is 2. The van der Waals surface area contributed by atoms with E-state index >= 15 is 0 Å². The van der Waals surface area contributed by atoms with Gasteiger partial charge in [-0.15, -0.1) is 0 Å². The molecule has 2 aromatic rings. The lowest BCUT2D eigenvalue weighted by Crippen LogP contribution is -2.52. The topological polar surface area (TPSA) is 105 Å². The average molecular weight is 538 g/mol. The Hall–Kier alpha value is -2.98. The van der Waals surface area contributed by atoms with Crippen LogP contribution in [0.15, 0.2) is 42.5 Å². The second-order valence-electron chi connectivity index (χ2n) is 8.74. The summed E-state index contributed by atoms with van der Waals surface area (Å²) in [5.41, 5.74) is 1.01. The highest BCUT2D eigenvalue weighted by molar-refractivity contribution is 7.92. The van der Waals surface area contributed by atoms with Gasteiger partial charge in [-0.2, -0.15) is 0 Å². The van der Waals surface area contributed by atoms with Gasteiger partial charge in [0.05, 0.1) is 11.9 Å². The van der Waals surface area contributed by atoms with Crippen LogP contribution >= 0.6 is 11.6 Å². The Balaban J connectivity index is 1.91. The minimum absolute atomic E-state index is 0.0716. The molecule has 0 aromatic heterocycles. The number of hydrogen-bond donors (Lipinski definition) is 1. The molecular formula is C25H32ClN3O6S. The molecule has 9 nitrogen and oxygen atoms in total. The highest BCUT2D eigenvalue weighted by Crippen LogP contribution is 2.34. The van der Waals surface area contributed by atoms with E-state index in [-0.39, 0.29) is 24.2 Å². The number of benzene rings is 2. The van der Waals surface area contributed by atoms with E-state index < -0.39 is 28.5 Å². The van der Waals surface area contributed by atoms with Gasteiger partial charge in [-0.3, -0.25) is 13.9 Å². The van der Waals surface area contributed by atoms with E-state index in [1.807, 2.05) is 13.8 Å². The molecule has 3 rings (SSSR count). The van der Waals surface area contributed by atoms with Crippen LogP contribution in [-0.2, 0) is 26.2 Å². The fourth-order valence-electron chi connectivity index (χ4n) is 3.64. The standard InChI is InChI=1S/C25H32ClN3O6S/c1-5-17(2)27-25(31)18(3)28(15-19-6-8-20(26)9-7-19)24(30)16-29(36(4,32)33)21-10-11-22-23(14-21)35-13-12-34-22/h6-11,14,17-18H,5,12-13,15-16H2,1-4H3,(H,27,31)/t17-,18-/m0/s1. The second-order valence-corrected chi connectivity index (χ2v) is 11.1. The number of hydrogen-bond acceptors (Lipinski definition) is 6. The maximum absolute atomic E-state index is 13.6. The lowest BCUT2D eigenvalue weighted by atomic mass is 10.1. The van der Waals surface area contributed by atoms with Crippen molar-refractivity contribution in [2.75, 3.05) is 30.3 Å². The molecule has 1 aliphatic rings. The molecule has 36 heavy (non-hydrogen) atoms. The molecule has 0 unspecified atom stereocenters. The van der Waals surface area contributed by atoms with E-state index in [9.17, 15) is 18.0 Å². The molecule has 1 N–H and O–H groups in total. The molecule has 0 bridgehead atoms.